The van der Waals surface area contributed by atoms with Crippen molar-refractivity contribution >= 4 is 17.6 Å². The molecule has 0 unspecified atom stereocenters. The number of hydrogen-bond donors (Lipinski definition) is 3. The van der Waals surface area contributed by atoms with E-state index in [1.54, 1.807) is 0 Å². The van der Waals surface area contributed by atoms with Gasteiger partial charge < -0.3 is 15.3 Å². The summed E-state index contributed by atoms with van der Waals surface area (Å²) < 4.78 is 0. The Hall–Kier alpha value is -0.840. The lowest BCUT2D eigenvalue weighted by atomic mass is 9.88. The van der Waals surface area contributed by atoms with Crippen molar-refractivity contribution in [1.82, 2.24) is 0 Å². The van der Waals surface area contributed by atoms with Crippen molar-refractivity contribution in [2.45, 2.75) is 88.7 Å². The Kier molecular flexibility index (Phi) is 10.5. The first-order valence-electron chi connectivity index (χ1n) is 9.87. The molecular formula is C21H35ClO4. The highest BCUT2D eigenvalue weighted by molar-refractivity contribution is 6.21. The van der Waals surface area contributed by atoms with Gasteiger partial charge in [0.05, 0.1) is 11.7 Å². The van der Waals surface area contributed by atoms with Gasteiger partial charge in [0.2, 0.25) is 0 Å². The first-order valence-corrected chi connectivity index (χ1v) is 10.3. The smallest absolute Gasteiger partial charge is 0.303 e. The number of carbonyl (C=O) groups is 1. The summed E-state index contributed by atoms with van der Waals surface area (Å²) in [6.45, 7) is 3.95. The van der Waals surface area contributed by atoms with Crippen molar-refractivity contribution in [3.63, 3.8) is 0 Å². The number of alkyl halides is 1. The number of aliphatic hydroxyl groups excluding tert-OH is 1. The van der Waals surface area contributed by atoms with Gasteiger partial charge in [0, 0.05) is 17.7 Å². The topological polar surface area (TPSA) is 77.8 Å². The van der Waals surface area contributed by atoms with Crippen LogP contribution in [-0.4, -0.2) is 38.4 Å². The van der Waals surface area contributed by atoms with Gasteiger partial charge in [-0.15, -0.1) is 11.6 Å². The van der Waals surface area contributed by atoms with Crippen LogP contribution in [-0.2, 0) is 4.79 Å². The van der Waals surface area contributed by atoms with Crippen LogP contribution in [0.15, 0.2) is 24.3 Å². The minimum atomic E-state index is -0.851. The van der Waals surface area contributed by atoms with E-state index in [0.29, 0.717) is 12.8 Å². The summed E-state index contributed by atoms with van der Waals surface area (Å²) in [7, 11) is 0. The van der Waals surface area contributed by atoms with Gasteiger partial charge in [0.15, 0.2) is 0 Å². The molecule has 1 fully saturated rings. The Morgan fingerprint density at radius 3 is 2.65 bits per heavy atom. The van der Waals surface area contributed by atoms with Gasteiger partial charge in [-0.1, -0.05) is 50.5 Å². The molecule has 0 heterocycles. The SMILES string of the molecule is CCCCC[C@](C)(O)/C=C/[C@@H]1[C@@H](C/C=C\CCCC(=O)O)[C@H](Cl)C[C@H]1O. The van der Waals surface area contributed by atoms with Gasteiger partial charge in [-0.3, -0.25) is 4.79 Å². The fraction of sp³-hybridized carbons (Fsp3) is 0.762. The van der Waals surface area contributed by atoms with E-state index >= 15 is 0 Å². The first-order chi connectivity index (χ1) is 12.3. The first kappa shape index (κ1) is 23.2. The highest BCUT2D eigenvalue weighted by Crippen LogP contribution is 2.39. The molecule has 0 saturated heterocycles. The number of rotatable bonds is 12. The van der Waals surface area contributed by atoms with E-state index in [2.05, 4.69) is 6.92 Å². The third kappa shape index (κ3) is 8.70. The largest absolute Gasteiger partial charge is 0.481 e. The number of hydrogen-bond acceptors (Lipinski definition) is 3. The Labute approximate surface area is 163 Å². The van der Waals surface area contributed by atoms with Gasteiger partial charge in [0.25, 0.3) is 0 Å². The lowest BCUT2D eigenvalue weighted by Crippen LogP contribution is -2.23. The Balaban J connectivity index is 2.56. The number of aliphatic carboxylic acids is 1. The maximum atomic E-state index is 10.5. The van der Waals surface area contributed by atoms with Crippen molar-refractivity contribution in [3.05, 3.63) is 24.3 Å². The summed E-state index contributed by atoms with van der Waals surface area (Å²) in [5, 5.41) is 29.4. The normalized spacial score (nSPS) is 28.8. The van der Waals surface area contributed by atoms with Crippen molar-refractivity contribution in [3.8, 4) is 0 Å². The third-order valence-electron chi connectivity index (χ3n) is 5.17. The predicted molar refractivity (Wildman–Crippen MR) is 106 cm³/mol. The van der Waals surface area contributed by atoms with Crippen LogP contribution in [0.3, 0.4) is 0 Å². The van der Waals surface area contributed by atoms with E-state index in [1.165, 1.54) is 0 Å². The molecule has 5 heteroatoms. The number of halogens is 1. The van der Waals surface area contributed by atoms with Gasteiger partial charge in [-0.25, -0.2) is 0 Å². The van der Waals surface area contributed by atoms with Crippen LogP contribution >= 0.6 is 11.6 Å². The second kappa shape index (κ2) is 11.8. The lowest BCUT2D eigenvalue weighted by Gasteiger charge is -2.23. The average Bonchev–Trinajstić information content (AvgIpc) is 2.82. The molecule has 1 rings (SSSR count). The predicted octanol–water partition coefficient (Wildman–Crippen LogP) is 4.68. The number of allylic oxidation sites excluding steroid dienone is 2. The summed E-state index contributed by atoms with van der Waals surface area (Å²) in [4.78, 5) is 10.5. The molecule has 150 valence electrons. The number of carboxylic acids is 1. The molecule has 1 aliphatic carbocycles. The Morgan fingerprint density at radius 2 is 2.00 bits per heavy atom. The molecule has 1 saturated carbocycles. The molecule has 4 nitrogen and oxygen atoms in total. The zero-order chi connectivity index (χ0) is 19.6. The van der Waals surface area contributed by atoms with E-state index in [-0.39, 0.29) is 23.6 Å². The van der Waals surface area contributed by atoms with E-state index in [0.717, 1.165) is 38.5 Å². The monoisotopic (exact) mass is 386 g/mol. The molecule has 0 aromatic rings. The molecule has 0 aliphatic heterocycles. The molecule has 0 aromatic carbocycles. The van der Waals surface area contributed by atoms with Crippen molar-refractivity contribution in [1.29, 1.82) is 0 Å². The summed E-state index contributed by atoms with van der Waals surface area (Å²) >= 11 is 6.43. The van der Waals surface area contributed by atoms with Crippen LogP contribution in [0.4, 0.5) is 0 Å². The fourth-order valence-corrected chi connectivity index (χ4v) is 4.00. The lowest BCUT2D eigenvalue weighted by molar-refractivity contribution is -0.137. The molecule has 0 aromatic heterocycles. The van der Waals surface area contributed by atoms with Crippen molar-refractivity contribution in [2.24, 2.45) is 11.8 Å². The van der Waals surface area contributed by atoms with Crippen LogP contribution < -0.4 is 0 Å². The zero-order valence-electron chi connectivity index (χ0n) is 16.1. The molecular weight excluding hydrogens is 352 g/mol. The van der Waals surface area contributed by atoms with E-state index in [1.807, 2.05) is 31.2 Å². The standard InChI is InChI=1S/C21H35ClO4/c1-3-4-9-13-21(2,26)14-12-17-16(18(22)15-19(17)23)10-7-5-6-8-11-20(24)25/h5,7,12,14,16-19,23,26H,3-4,6,8-11,13,15H2,1-2H3,(H,24,25)/b7-5-,14-12+/t16-,17-,18-,19-,21+/m1/s1. The number of carboxylic acid groups (broad SMARTS) is 1. The third-order valence-corrected chi connectivity index (χ3v) is 5.67. The zero-order valence-corrected chi connectivity index (χ0v) is 16.9. The summed E-state index contributed by atoms with van der Waals surface area (Å²) in [6.07, 6.45) is 14.1. The highest BCUT2D eigenvalue weighted by Gasteiger charge is 2.39. The molecule has 0 radical (unpaired) electrons. The molecule has 0 bridgehead atoms. The van der Waals surface area contributed by atoms with Crippen molar-refractivity contribution < 1.29 is 20.1 Å². The fourth-order valence-electron chi connectivity index (χ4n) is 3.54. The summed E-state index contributed by atoms with van der Waals surface area (Å²) in [6, 6.07) is 0. The molecule has 0 spiro atoms. The van der Waals surface area contributed by atoms with Gasteiger partial charge >= 0.3 is 5.97 Å². The Bertz CT molecular complexity index is 473. The van der Waals surface area contributed by atoms with E-state index < -0.39 is 17.7 Å². The van der Waals surface area contributed by atoms with Crippen molar-refractivity contribution in [2.75, 3.05) is 0 Å². The van der Waals surface area contributed by atoms with Crippen LogP contribution in [0, 0.1) is 11.8 Å². The van der Waals surface area contributed by atoms with E-state index in [4.69, 9.17) is 16.7 Å². The minimum Gasteiger partial charge on any atom is -0.481 e. The van der Waals surface area contributed by atoms with Crippen LogP contribution in [0.5, 0.6) is 0 Å². The molecule has 3 N–H and O–H groups in total. The van der Waals surface area contributed by atoms with Crippen LogP contribution in [0.1, 0.15) is 71.6 Å². The summed E-state index contributed by atoms with van der Waals surface area (Å²) in [5.41, 5.74) is -0.851. The number of unbranched alkanes of at least 4 members (excludes halogenated alkanes) is 3. The molecule has 0 amide bonds. The van der Waals surface area contributed by atoms with Gasteiger partial charge in [-0.05, 0) is 44.9 Å². The van der Waals surface area contributed by atoms with Gasteiger partial charge in [-0.2, -0.15) is 0 Å². The molecule has 26 heavy (non-hydrogen) atoms. The Morgan fingerprint density at radius 1 is 1.27 bits per heavy atom. The second-order valence-corrected chi connectivity index (χ2v) is 8.29. The highest BCUT2D eigenvalue weighted by atomic mass is 35.5. The summed E-state index contributed by atoms with van der Waals surface area (Å²) in [5.74, 6) is -0.696. The maximum Gasteiger partial charge on any atom is 0.303 e. The van der Waals surface area contributed by atoms with Gasteiger partial charge in [0.1, 0.15) is 0 Å². The maximum absolute atomic E-state index is 10.5. The van der Waals surface area contributed by atoms with Crippen LogP contribution in [0.25, 0.3) is 0 Å². The molecule has 1 aliphatic rings. The number of aliphatic hydroxyl groups is 2. The average molecular weight is 387 g/mol. The quantitative estimate of drug-likeness (QED) is 0.258. The minimum absolute atomic E-state index is 0.0566. The second-order valence-electron chi connectivity index (χ2n) is 7.73. The molecule has 5 atom stereocenters. The van der Waals surface area contributed by atoms with E-state index in [9.17, 15) is 15.0 Å². The van der Waals surface area contributed by atoms with Crippen LogP contribution in [0.2, 0.25) is 0 Å².